The van der Waals surface area contributed by atoms with Crippen LogP contribution in [0.5, 0.6) is 5.75 Å². The third-order valence-corrected chi connectivity index (χ3v) is 5.43. The summed E-state index contributed by atoms with van der Waals surface area (Å²) in [5.74, 6) is 0.677. The molecule has 0 saturated heterocycles. The largest absolute Gasteiger partial charge is 0.481 e. The third kappa shape index (κ3) is 5.97. The molecule has 3 rings (SSSR count). The van der Waals surface area contributed by atoms with Crippen molar-refractivity contribution in [3.05, 3.63) is 89.5 Å². The predicted octanol–water partition coefficient (Wildman–Crippen LogP) is 6.17. The molecule has 0 fully saturated rings. The van der Waals surface area contributed by atoms with E-state index in [1.54, 1.807) is 37.3 Å². The summed E-state index contributed by atoms with van der Waals surface area (Å²) in [7, 11) is 0. The summed E-state index contributed by atoms with van der Waals surface area (Å²) < 4.78 is 5.97. The highest BCUT2D eigenvalue weighted by molar-refractivity contribution is 6.04. The lowest BCUT2D eigenvalue weighted by Crippen LogP contribution is -2.30. The van der Waals surface area contributed by atoms with E-state index in [1.807, 2.05) is 49.4 Å². The summed E-state index contributed by atoms with van der Waals surface area (Å²) in [5.41, 5.74) is 4.02. The van der Waals surface area contributed by atoms with E-state index in [0.29, 0.717) is 22.9 Å². The molecule has 5 heteroatoms. The van der Waals surface area contributed by atoms with Gasteiger partial charge in [-0.15, -0.1) is 0 Å². The lowest BCUT2D eigenvalue weighted by molar-refractivity contribution is -0.122. The van der Waals surface area contributed by atoms with Crippen LogP contribution in [0.25, 0.3) is 0 Å². The number of amides is 2. The molecule has 2 unspecified atom stereocenters. The lowest BCUT2D eigenvalue weighted by atomic mass is 9.98. The molecule has 0 spiro atoms. The number of para-hydroxylation sites is 1. The SMILES string of the molecule is CCC(C)c1ccccc1OC(C)C(=O)Nc1ccc(NC(=O)c2cccc(C)c2)cc1. The number of benzene rings is 3. The normalized spacial score (nSPS) is 12.5. The van der Waals surface area contributed by atoms with Crippen LogP contribution < -0.4 is 15.4 Å². The summed E-state index contributed by atoms with van der Waals surface area (Å²) >= 11 is 0. The highest BCUT2D eigenvalue weighted by Gasteiger charge is 2.18. The van der Waals surface area contributed by atoms with Gasteiger partial charge in [-0.25, -0.2) is 0 Å². The molecule has 32 heavy (non-hydrogen) atoms. The first-order valence-electron chi connectivity index (χ1n) is 10.9. The Hall–Kier alpha value is -3.60. The van der Waals surface area contributed by atoms with E-state index < -0.39 is 6.10 Å². The van der Waals surface area contributed by atoms with Gasteiger partial charge in [0.05, 0.1) is 0 Å². The molecule has 5 nitrogen and oxygen atoms in total. The molecule has 2 N–H and O–H groups in total. The fourth-order valence-electron chi connectivity index (χ4n) is 3.33. The number of rotatable bonds is 8. The van der Waals surface area contributed by atoms with Crippen LogP contribution in [0.1, 0.15) is 54.6 Å². The van der Waals surface area contributed by atoms with Gasteiger partial charge in [-0.05, 0) is 74.2 Å². The Morgan fingerprint density at radius 2 is 1.53 bits per heavy atom. The molecular formula is C27H30N2O3. The standard InChI is InChI=1S/C27H30N2O3/c1-5-19(3)24-11-6-7-12-25(24)32-20(4)26(30)28-22-13-15-23(16-14-22)29-27(31)21-10-8-9-18(2)17-21/h6-17,19-20H,5H2,1-4H3,(H,28,30)(H,29,31). The Morgan fingerprint density at radius 1 is 0.875 bits per heavy atom. The van der Waals surface area contributed by atoms with Crippen molar-refractivity contribution in [2.24, 2.45) is 0 Å². The van der Waals surface area contributed by atoms with Crippen molar-refractivity contribution < 1.29 is 14.3 Å². The van der Waals surface area contributed by atoms with Gasteiger partial charge in [0, 0.05) is 16.9 Å². The van der Waals surface area contributed by atoms with Gasteiger partial charge in [-0.2, -0.15) is 0 Å². The molecule has 0 aliphatic carbocycles. The Kier molecular flexibility index (Phi) is 7.66. The average Bonchev–Trinajstić information content (AvgIpc) is 2.80. The van der Waals surface area contributed by atoms with Crippen LogP contribution in [0.4, 0.5) is 11.4 Å². The predicted molar refractivity (Wildman–Crippen MR) is 129 cm³/mol. The molecule has 2 amide bonds. The number of aryl methyl sites for hydroxylation is 1. The average molecular weight is 431 g/mol. The maximum absolute atomic E-state index is 12.6. The van der Waals surface area contributed by atoms with E-state index >= 15 is 0 Å². The van der Waals surface area contributed by atoms with Gasteiger partial charge >= 0.3 is 0 Å². The van der Waals surface area contributed by atoms with Crippen LogP contribution in [-0.4, -0.2) is 17.9 Å². The van der Waals surface area contributed by atoms with Crippen molar-refractivity contribution in [3.8, 4) is 5.75 Å². The lowest BCUT2D eigenvalue weighted by Gasteiger charge is -2.19. The van der Waals surface area contributed by atoms with E-state index in [0.717, 1.165) is 23.3 Å². The van der Waals surface area contributed by atoms with Gasteiger partial charge in [-0.3, -0.25) is 9.59 Å². The van der Waals surface area contributed by atoms with Crippen LogP contribution in [0.15, 0.2) is 72.8 Å². The van der Waals surface area contributed by atoms with Gasteiger partial charge in [0.2, 0.25) is 0 Å². The second-order valence-electron chi connectivity index (χ2n) is 8.00. The summed E-state index contributed by atoms with van der Waals surface area (Å²) in [5, 5.41) is 5.74. The molecule has 0 aromatic heterocycles. The Bertz CT molecular complexity index is 1080. The highest BCUT2D eigenvalue weighted by atomic mass is 16.5. The molecule has 0 heterocycles. The zero-order valence-electron chi connectivity index (χ0n) is 19.0. The first-order valence-corrected chi connectivity index (χ1v) is 10.9. The number of anilines is 2. The summed E-state index contributed by atoms with van der Waals surface area (Å²) in [6.07, 6.45) is 0.342. The fraction of sp³-hybridized carbons (Fsp3) is 0.259. The van der Waals surface area contributed by atoms with Crippen molar-refractivity contribution in [2.75, 3.05) is 10.6 Å². The van der Waals surface area contributed by atoms with Crippen LogP contribution in [0, 0.1) is 6.92 Å². The van der Waals surface area contributed by atoms with Gasteiger partial charge in [0.1, 0.15) is 5.75 Å². The van der Waals surface area contributed by atoms with Crippen molar-refractivity contribution in [1.29, 1.82) is 0 Å². The van der Waals surface area contributed by atoms with Crippen molar-refractivity contribution in [2.45, 2.75) is 46.1 Å². The molecule has 0 saturated carbocycles. The highest BCUT2D eigenvalue weighted by Crippen LogP contribution is 2.29. The first kappa shape index (κ1) is 23.1. The number of carbonyl (C=O) groups excluding carboxylic acids is 2. The topological polar surface area (TPSA) is 67.4 Å². The van der Waals surface area contributed by atoms with Crippen LogP contribution >= 0.6 is 0 Å². The van der Waals surface area contributed by atoms with Gasteiger partial charge in [0.15, 0.2) is 6.10 Å². The fourth-order valence-corrected chi connectivity index (χ4v) is 3.33. The molecule has 2 atom stereocenters. The Morgan fingerprint density at radius 3 is 2.19 bits per heavy atom. The Balaban J connectivity index is 1.59. The van der Waals surface area contributed by atoms with E-state index in [2.05, 4.69) is 24.5 Å². The number of carbonyl (C=O) groups is 2. The molecule has 0 bridgehead atoms. The van der Waals surface area contributed by atoms with Gasteiger partial charge < -0.3 is 15.4 Å². The molecule has 3 aromatic rings. The molecular weight excluding hydrogens is 400 g/mol. The molecule has 3 aromatic carbocycles. The zero-order chi connectivity index (χ0) is 23.1. The molecule has 0 aliphatic heterocycles. The van der Waals surface area contributed by atoms with Gasteiger partial charge in [-0.1, -0.05) is 49.7 Å². The second kappa shape index (κ2) is 10.6. The number of hydrogen-bond donors (Lipinski definition) is 2. The molecule has 0 aliphatic rings. The minimum absolute atomic E-state index is 0.174. The molecule has 0 radical (unpaired) electrons. The minimum Gasteiger partial charge on any atom is -0.481 e. The smallest absolute Gasteiger partial charge is 0.265 e. The van der Waals surface area contributed by atoms with E-state index in [-0.39, 0.29) is 11.8 Å². The summed E-state index contributed by atoms with van der Waals surface area (Å²) in [6, 6.07) is 22.3. The summed E-state index contributed by atoms with van der Waals surface area (Å²) in [4.78, 5) is 25.0. The second-order valence-corrected chi connectivity index (χ2v) is 8.00. The molecule has 166 valence electrons. The number of ether oxygens (including phenoxy) is 1. The zero-order valence-corrected chi connectivity index (χ0v) is 19.0. The maximum atomic E-state index is 12.6. The third-order valence-electron chi connectivity index (χ3n) is 5.43. The monoisotopic (exact) mass is 430 g/mol. The number of hydrogen-bond acceptors (Lipinski definition) is 3. The summed E-state index contributed by atoms with van der Waals surface area (Å²) in [6.45, 7) is 7.96. The van der Waals surface area contributed by atoms with Crippen LogP contribution in [-0.2, 0) is 4.79 Å². The minimum atomic E-state index is -0.652. The van der Waals surface area contributed by atoms with Gasteiger partial charge in [0.25, 0.3) is 11.8 Å². The van der Waals surface area contributed by atoms with Crippen LogP contribution in [0.2, 0.25) is 0 Å². The van der Waals surface area contributed by atoms with Crippen molar-refractivity contribution in [1.82, 2.24) is 0 Å². The first-order chi connectivity index (χ1) is 15.4. The number of nitrogens with one attached hydrogen (secondary N) is 2. The van der Waals surface area contributed by atoms with E-state index in [1.165, 1.54) is 0 Å². The maximum Gasteiger partial charge on any atom is 0.265 e. The van der Waals surface area contributed by atoms with Crippen molar-refractivity contribution >= 4 is 23.2 Å². The van der Waals surface area contributed by atoms with E-state index in [4.69, 9.17) is 4.74 Å². The quantitative estimate of drug-likeness (QED) is 0.449. The van der Waals surface area contributed by atoms with Crippen molar-refractivity contribution in [3.63, 3.8) is 0 Å². The van der Waals surface area contributed by atoms with E-state index in [9.17, 15) is 9.59 Å². The van der Waals surface area contributed by atoms with Crippen LogP contribution in [0.3, 0.4) is 0 Å². The Labute approximate surface area is 189 Å².